The minimum atomic E-state index is -1.49. The van der Waals surface area contributed by atoms with Crippen molar-refractivity contribution in [2.45, 2.75) is 38.6 Å². The standard InChI is InChI=1S/C13H18ClFN2O4/c1-13(2,3)21-12(20)17-6-9(18)10(19)8-4-7(15)5-16-11(8)14/h4-5,9-10,18-19H,6H2,1-3H3,(H,17,20). The molecule has 0 spiro atoms. The fourth-order valence-electron chi connectivity index (χ4n) is 1.47. The number of carbonyl (C=O) groups excluding carboxylic acids is 1. The molecule has 0 bridgehead atoms. The van der Waals surface area contributed by atoms with E-state index < -0.39 is 29.7 Å². The van der Waals surface area contributed by atoms with E-state index in [0.29, 0.717) is 0 Å². The Bertz CT molecular complexity index is 507. The van der Waals surface area contributed by atoms with Crippen molar-refractivity contribution in [1.82, 2.24) is 10.3 Å². The number of ether oxygens (including phenoxy) is 1. The minimum Gasteiger partial charge on any atom is -0.444 e. The Kier molecular flexibility index (Phi) is 5.88. The van der Waals surface area contributed by atoms with Crippen LogP contribution in [-0.4, -0.2) is 39.5 Å². The van der Waals surface area contributed by atoms with E-state index in [9.17, 15) is 19.4 Å². The normalized spacial score (nSPS) is 14.4. The third kappa shape index (κ3) is 5.82. The largest absolute Gasteiger partial charge is 0.444 e. The second kappa shape index (κ2) is 7.02. The summed E-state index contributed by atoms with van der Waals surface area (Å²) in [4.78, 5) is 15.0. The summed E-state index contributed by atoms with van der Waals surface area (Å²) in [6, 6.07) is 0.969. The smallest absolute Gasteiger partial charge is 0.407 e. The molecule has 21 heavy (non-hydrogen) atoms. The maximum Gasteiger partial charge on any atom is 0.407 e. The van der Waals surface area contributed by atoms with Crippen LogP contribution in [0.4, 0.5) is 9.18 Å². The van der Waals surface area contributed by atoms with Crippen LogP contribution < -0.4 is 5.32 Å². The second-order valence-electron chi connectivity index (χ2n) is 5.43. The Morgan fingerprint density at radius 3 is 2.71 bits per heavy atom. The SMILES string of the molecule is CC(C)(C)OC(=O)NCC(O)C(O)c1cc(F)cnc1Cl. The molecular weight excluding hydrogens is 303 g/mol. The van der Waals surface area contributed by atoms with E-state index in [4.69, 9.17) is 16.3 Å². The zero-order valence-corrected chi connectivity index (χ0v) is 12.7. The van der Waals surface area contributed by atoms with Crippen molar-refractivity contribution in [3.63, 3.8) is 0 Å². The van der Waals surface area contributed by atoms with E-state index in [1.807, 2.05) is 0 Å². The topological polar surface area (TPSA) is 91.7 Å². The number of pyridine rings is 1. The maximum atomic E-state index is 13.1. The van der Waals surface area contributed by atoms with E-state index >= 15 is 0 Å². The van der Waals surface area contributed by atoms with Gasteiger partial charge in [-0.1, -0.05) is 11.6 Å². The van der Waals surface area contributed by atoms with Crippen molar-refractivity contribution >= 4 is 17.7 Å². The molecule has 8 heteroatoms. The zero-order chi connectivity index (χ0) is 16.2. The third-order valence-electron chi connectivity index (χ3n) is 2.37. The number of hydrogen-bond donors (Lipinski definition) is 3. The molecule has 0 saturated heterocycles. The molecule has 1 aromatic rings. The first kappa shape index (κ1) is 17.6. The van der Waals surface area contributed by atoms with E-state index in [-0.39, 0.29) is 17.3 Å². The van der Waals surface area contributed by atoms with Crippen molar-refractivity contribution < 1.29 is 24.1 Å². The van der Waals surface area contributed by atoms with Crippen LogP contribution in [0, 0.1) is 5.82 Å². The summed E-state index contributed by atoms with van der Waals surface area (Å²) in [5, 5.41) is 21.9. The lowest BCUT2D eigenvalue weighted by Crippen LogP contribution is -2.39. The molecule has 0 fully saturated rings. The Morgan fingerprint density at radius 2 is 2.14 bits per heavy atom. The van der Waals surface area contributed by atoms with Crippen molar-refractivity contribution in [3.05, 3.63) is 28.8 Å². The summed E-state index contributed by atoms with van der Waals surface area (Å²) in [5.74, 6) is -0.694. The summed E-state index contributed by atoms with van der Waals surface area (Å²) in [5.41, 5.74) is -0.737. The van der Waals surface area contributed by atoms with Crippen LogP contribution in [-0.2, 0) is 4.74 Å². The van der Waals surface area contributed by atoms with Gasteiger partial charge < -0.3 is 20.3 Å². The van der Waals surface area contributed by atoms with Gasteiger partial charge in [-0.3, -0.25) is 0 Å². The summed E-state index contributed by atoms with van der Waals surface area (Å²) in [6.45, 7) is 4.78. The number of amides is 1. The minimum absolute atomic E-state index is 0.0600. The van der Waals surface area contributed by atoms with Gasteiger partial charge >= 0.3 is 6.09 Å². The first-order valence-corrected chi connectivity index (χ1v) is 6.62. The molecule has 2 atom stereocenters. The lowest BCUT2D eigenvalue weighted by molar-refractivity contribution is 0.0127. The summed E-state index contributed by atoms with van der Waals surface area (Å²) >= 11 is 5.72. The predicted octanol–water partition coefficient (Wildman–Crippen LogP) is 1.79. The molecule has 2 unspecified atom stereocenters. The van der Waals surface area contributed by atoms with Gasteiger partial charge in [-0.05, 0) is 26.8 Å². The van der Waals surface area contributed by atoms with Crippen LogP contribution in [0.2, 0.25) is 5.15 Å². The molecule has 1 amide bonds. The molecule has 3 N–H and O–H groups in total. The van der Waals surface area contributed by atoms with Gasteiger partial charge in [0.15, 0.2) is 0 Å². The number of aromatic nitrogens is 1. The first-order valence-electron chi connectivity index (χ1n) is 6.24. The molecule has 0 saturated carbocycles. The molecule has 0 aliphatic heterocycles. The molecule has 0 aliphatic carbocycles. The van der Waals surface area contributed by atoms with E-state index in [1.165, 1.54) is 0 Å². The Labute approximate surface area is 126 Å². The van der Waals surface area contributed by atoms with Crippen LogP contribution in [0.25, 0.3) is 0 Å². The van der Waals surface area contributed by atoms with Gasteiger partial charge in [-0.15, -0.1) is 0 Å². The Hall–Kier alpha value is -1.44. The van der Waals surface area contributed by atoms with Gasteiger partial charge in [0.1, 0.15) is 28.8 Å². The highest BCUT2D eigenvalue weighted by molar-refractivity contribution is 6.30. The van der Waals surface area contributed by atoms with Gasteiger partial charge in [-0.2, -0.15) is 0 Å². The molecule has 118 valence electrons. The summed E-state index contributed by atoms with van der Waals surface area (Å²) in [7, 11) is 0. The van der Waals surface area contributed by atoms with E-state index in [2.05, 4.69) is 10.3 Å². The Balaban J connectivity index is 2.61. The molecule has 0 aliphatic rings. The number of rotatable bonds is 4. The van der Waals surface area contributed by atoms with Gasteiger partial charge in [0.25, 0.3) is 0 Å². The molecule has 1 rings (SSSR count). The fourth-order valence-corrected chi connectivity index (χ4v) is 1.68. The van der Waals surface area contributed by atoms with Crippen LogP contribution in [0.1, 0.15) is 32.4 Å². The first-order chi connectivity index (χ1) is 9.60. The number of aliphatic hydroxyl groups is 2. The Morgan fingerprint density at radius 1 is 1.52 bits per heavy atom. The molecule has 0 radical (unpaired) electrons. The van der Waals surface area contributed by atoms with Gasteiger partial charge in [0.05, 0.1) is 6.20 Å². The molecule has 1 heterocycles. The third-order valence-corrected chi connectivity index (χ3v) is 2.69. The number of nitrogens with zero attached hydrogens (tertiary/aromatic N) is 1. The molecular formula is C13H18ClFN2O4. The molecule has 1 aromatic heterocycles. The number of aliphatic hydroxyl groups excluding tert-OH is 2. The van der Waals surface area contributed by atoms with Crippen LogP contribution in [0.15, 0.2) is 12.3 Å². The molecule has 6 nitrogen and oxygen atoms in total. The predicted molar refractivity (Wildman–Crippen MR) is 74.4 cm³/mol. The van der Waals surface area contributed by atoms with Crippen LogP contribution >= 0.6 is 11.6 Å². The fraction of sp³-hybridized carbons (Fsp3) is 0.538. The van der Waals surface area contributed by atoms with Crippen molar-refractivity contribution in [2.24, 2.45) is 0 Å². The quantitative estimate of drug-likeness (QED) is 0.736. The number of nitrogens with one attached hydrogen (secondary N) is 1. The maximum absolute atomic E-state index is 13.1. The number of carbonyl (C=O) groups is 1. The van der Waals surface area contributed by atoms with Crippen molar-refractivity contribution in [1.29, 1.82) is 0 Å². The van der Waals surface area contributed by atoms with Gasteiger partial charge in [0.2, 0.25) is 0 Å². The van der Waals surface area contributed by atoms with Crippen molar-refractivity contribution in [2.75, 3.05) is 6.54 Å². The highest BCUT2D eigenvalue weighted by Crippen LogP contribution is 2.24. The second-order valence-corrected chi connectivity index (χ2v) is 5.79. The lowest BCUT2D eigenvalue weighted by Gasteiger charge is -2.22. The highest BCUT2D eigenvalue weighted by atomic mass is 35.5. The monoisotopic (exact) mass is 320 g/mol. The van der Waals surface area contributed by atoms with Gasteiger partial charge in [-0.25, -0.2) is 14.2 Å². The average molecular weight is 321 g/mol. The van der Waals surface area contributed by atoms with E-state index in [1.54, 1.807) is 20.8 Å². The van der Waals surface area contributed by atoms with Crippen LogP contribution in [0.3, 0.4) is 0 Å². The zero-order valence-electron chi connectivity index (χ0n) is 11.9. The summed E-state index contributed by atoms with van der Waals surface area (Å²) in [6.07, 6.45) is -2.73. The van der Waals surface area contributed by atoms with Crippen molar-refractivity contribution in [3.8, 4) is 0 Å². The van der Waals surface area contributed by atoms with E-state index in [0.717, 1.165) is 12.3 Å². The van der Waals surface area contributed by atoms with Gasteiger partial charge in [0, 0.05) is 12.1 Å². The average Bonchev–Trinajstić information content (AvgIpc) is 2.36. The lowest BCUT2D eigenvalue weighted by atomic mass is 10.1. The van der Waals surface area contributed by atoms with Crippen LogP contribution in [0.5, 0.6) is 0 Å². The number of halogens is 2. The highest BCUT2D eigenvalue weighted by Gasteiger charge is 2.24. The molecule has 0 aromatic carbocycles. The number of alkyl carbamates (subject to hydrolysis) is 1. The number of hydrogen-bond acceptors (Lipinski definition) is 5. The summed E-state index contributed by atoms with van der Waals surface area (Å²) < 4.78 is 18.0.